The fraction of sp³-hybridized carbons (Fsp3) is 0.182. The Balaban J connectivity index is 3.20. The quantitative estimate of drug-likeness (QED) is 0.333. The second kappa shape index (κ2) is 4.46. The van der Waals surface area contributed by atoms with E-state index in [9.17, 15) is 5.11 Å². The van der Waals surface area contributed by atoms with E-state index >= 15 is 0 Å². The van der Waals surface area contributed by atoms with Crippen molar-refractivity contribution in [2.24, 2.45) is 5.16 Å². The van der Waals surface area contributed by atoms with Crippen LogP contribution in [0, 0.1) is 6.92 Å². The molecule has 0 spiro atoms. The fourth-order valence-electron chi connectivity index (χ4n) is 1.33. The molecule has 3 heteroatoms. The average molecular weight is 191 g/mol. The molecular weight excluding hydrogens is 178 g/mol. The predicted octanol–water partition coefficient (Wildman–Crippen LogP) is 2.24. The highest BCUT2D eigenvalue weighted by Gasteiger charge is 2.04. The number of nitrogens with zero attached hydrogens (tertiary/aromatic N) is 1. The summed E-state index contributed by atoms with van der Waals surface area (Å²) < 4.78 is 0. The maximum absolute atomic E-state index is 9.59. The molecule has 3 nitrogen and oxygen atoms in total. The molecule has 1 aromatic rings. The van der Waals surface area contributed by atoms with Crippen LogP contribution in [0.1, 0.15) is 16.7 Å². The van der Waals surface area contributed by atoms with Gasteiger partial charge in [0.1, 0.15) is 5.75 Å². The molecule has 0 aliphatic heterocycles. The summed E-state index contributed by atoms with van der Waals surface area (Å²) in [6.07, 6.45) is 3.73. The Kier molecular flexibility index (Phi) is 3.29. The Bertz CT molecular complexity index is 370. The third-order valence-electron chi connectivity index (χ3n) is 1.97. The number of hydrogen-bond acceptors (Lipinski definition) is 3. The lowest BCUT2D eigenvalue weighted by atomic mass is 10.0. The smallest absolute Gasteiger partial charge is 0.127 e. The normalized spacial score (nSPS) is 10.6. The van der Waals surface area contributed by atoms with Crippen LogP contribution in [0.2, 0.25) is 0 Å². The van der Waals surface area contributed by atoms with Crippen molar-refractivity contribution in [3.63, 3.8) is 0 Å². The van der Waals surface area contributed by atoms with Crippen molar-refractivity contribution in [3.05, 3.63) is 41.5 Å². The maximum atomic E-state index is 9.59. The van der Waals surface area contributed by atoms with Crippen molar-refractivity contribution in [1.82, 2.24) is 0 Å². The van der Waals surface area contributed by atoms with E-state index in [0.717, 1.165) is 17.5 Å². The number of aryl methyl sites for hydroxylation is 1. The molecule has 1 aromatic carbocycles. The number of hydrogen-bond donors (Lipinski definition) is 2. The van der Waals surface area contributed by atoms with Gasteiger partial charge in [0.25, 0.3) is 0 Å². The number of phenolic OH excluding ortho intramolecular Hbond substituents is 1. The van der Waals surface area contributed by atoms with Gasteiger partial charge in [0.15, 0.2) is 0 Å². The van der Waals surface area contributed by atoms with Crippen molar-refractivity contribution in [3.8, 4) is 5.75 Å². The summed E-state index contributed by atoms with van der Waals surface area (Å²) in [5, 5.41) is 20.9. The molecule has 0 amide bonds. The molecule has 2 N–H and O–H groups in total. The molecule has 0 aliphatic rings. The molecule has 0 atom stereocenters. The predicted molar refractivity (Wildman–Crippen MR) is 56.1 cm³/mol. The summed E-state index contributed by atoms with van der Waals surface area (Å²) in [5.41, 5.74) is 2.31. The first kappa shape index (κ1) is 10.3. The molecule has 0 saturated heterocycles. The van der Waals surface area contributed by atoms with E-state index in [2.05, 4.69) is 11.7 Å². The number of rotatable bonds is 3. The minimum atomic E-state index is 0.149. The van der Waals surface area contributed by atoms with Gasteiger partial charge in [-0.3, -0.25) is 0 Å². The lowest BCUT2D eigenvalue weighted by molar-refractivity contribution is 0.321. The fourth-order valence-corrected chi connectivity index (χ4v) is 1.33. The molecule has 0 bridgehead atoms. The lowest BCUT2D eigenvalue weighted by Gasteiger charge is -2.05. The molecule has 0 fully saturated rings. The number of phenols is 1. The van der Waals surface area contributed by atoms with E-state index < -0.39 is 0 Å². The van der Waals surface area contributed by atoms with Crippen molar-refractivity contribution < 1.29 is 10.3 Å². The van der Waals surface area contributed by atoms with Crippen molar-refractivity contribution in [1.29, 1.82) is 0 Å². The minimum Gasteiger partial charge on any atom is -0.507 e. The van der Waals surface area contributed by atoms with E-state index in [-0.39, 0.29) is 5.75 Å². The Labute approximate surface area is 83.0 Å². The average Bonchev–Trinajstić information content (AvgIpc) is 2.14. The number of allylic oxidation sites excluding steroid dienone is 1. The minimum absolute atomic E-state index is 0.149. The van der Waals surface area contributed by atoms with Gasteiger partial charge in [-0.05, 0) is 30.5 Å². The van der Waals surface area contributed by atoms with Gasteiger partial charge >= 0.3 is 0 Å². The molecule has 0 unspecified atom stereocenters. The number of benzene rings is 1. The van der Waals surface area contributed by atoms with Crippen LogP contribution in [0.5, 0.6) is 5.75 Å². The van der Waals surface area contributed by atoms with Gasteiger partial charge in [-0.15, -0.1) is 6.58 Å². The molecule has 74 valence electrons. The summed E-state index contributed by atoms with van der Waals surface area (Å²) in [6.45, 7) is 5.44. The van der Waals surface area contributed by atoms with E-state index in [1.807, 2.05) is 6.07 Å². The Morgan fingerprint density at radius 2 is 2.21 bits per heavy atom. The van der Waals surface area contributed by atoms with Crippen LogP contribution >= 0.6 is 0 Å². The van der Waals surface area contributed by atoms with Gasteiger partial charge in [0, 0.05) is 5.56 Å². The summed E-state index contributed by atoms with van der Waals surface area (Å²) in [7, 11) is 0. The van der Waals surface area contributed by atoms with Crippen molar-refractivity contribution >= 4 is 6.21 Å². The maximum Gasteiger partial charge on any atom is 0.127 e. The second-order valence-corrected chi connectivity index (χ2v) is 3.09. The van der Waals surface area contributed by atoms with Gasteiger partial charge in [0.2, 0.25) is 0 Å². The topological polar surface area (TPSA) is 52.8 Å². The van der Waals surface area contributed by atoms with Gasteiger partial charge in [-0.25, -0.2) is 0 Å². The van der Waals surface area contributed by atoms with Gasteiger partial charge in [-0.1, -0.05) is 17.3 Å². The largest absolute Gasteiger partial charge is 0.507 e. The van der Waals surface area contributed by atoms with Crippen LogP contribution in [-0.4, -0.2) is 16.5 Å². The van der Waals surface area contributed by atoms with Gasteiger partial charge in [-0.2, -0.15) is 0 Å². The summed E-state index contributed by atoms with van der Waals surface area (Å²) in [5.74, 6) is 0.149. The molecule has 1 rings (SSSR count). The van der Waals surface area contributed by atoms with Crippen molar-refractivity contribution in [2.45, 2.75) is 13.3 Å². The Morgan fingerprint density at radius 3 is 2.79 bits per heavy atom. The highest BCUT2D eigenvalue weighted by Crippen LogP contribution is 2.22. The van der Waals surface area contributed by atoms with Crippen LogP contribution in [0.25, 0.3) is 0 Å². The lowest BCUT2D eigenvalue weighted by Crippen LogP contribution is -1.90. The highest BCUT2D eigenvalue weighted by molar-refractivity contribution is 5.84. The first-order valence-electron chi connectivity index (χ1n) is 4.30. The molecule has 14 heavy (non-hydrogen) atoms. The molecular formula is C11H13NO2. The number of oxime groups is 1. The zero-order valence-corrected chi connectivity index (χ0v) is 8.07. The van der Waals surface area contributed by atoms with E-state index in [0.29, 0.717) is 5.56 Å². The first-order valence-corrected chi connectivity index (χ1v) is 4.30. The zero-order chi connectivity index (χ0) is 10.6. The molecule has 0 radical (unpaired) electrons. The summed E-state index contributed by atoms with van der Waals surface area (Å²) >= 11 is 0. The third kappa shape index (κ3) is 2.13. The standard InChI is InChI=1S/C11H13NO2/c1-3-4-9-5-8(2)11(13)10(6-9)7-12-14/h3,5-7,13-14H,1,4H2,2H3/b12-7-. The van der Waals surface area contributed by atoms with Crippen LogP contribution in [-0.2, 0) is 6.42 Å². The van der Waals surface area contributed by atoms with Gasteiger partial charge < -0.3 is 10.3 Å². The molecule has 0 saturated carbocycles. The van der Waals surface area contributed by atoms with Crippen LogP contribution < -0.4 is 0 Å². The monoisotopic (exact) mass is 191 g/mol. The van der Waals surface area contributed by atoms with E-state index in [4.69, 9.17) is 5.21 Å². The SMILES string of the molecule is C=CCc1cc(C)c(O)c(/C=N\O)c1. The zero-order valence-electron chi connectivity index (χ0n) is 8.07. The molecule has 0 aliphatic carbocycles. The Hall–Kier alpha value is -1.77. The second-order valence-electron chi connectivity index (χ2n) is 3.09. The van der Waals surface area contributed by atoms with E-state index in [1.54, 1.807) is 19.1 Å². The van der Waals surface area contributed by atoms with E-state index in [1.165, 1.54) is 6.21 Å². The number of aromatic hydroxyl groups is 1. The Morgan fingerprint density at radius 1 is 1.50 bits per heavy atom. The molecule has 0 aromatic heterocycles. The molecule has 0 heterocycles. The van der Waals surface area contributed by atoms with Crippen LogP contribution in [0.15, 0.2) is 29.9 Å². The van der Waals surface area contributed by atoms with Crippen molar-refractivity contribution in [2.75, 3.05) is 0 Å². The highest BCUT2D eigenvalue weighted by atomic mass is 16.4. The van der Waals surface area contributed by atoms with Gasteiger partial charge in [0.05, 0.1) is 6.21 Å². The summed E-state index contributed by atoms with van der Waals surface area (Å²) in [4.78, 5) is 0. The van der Waals surface area contributed by atoms with Crippen LogP contribution in [0.4, 0.5) is 0 Å². The first-order chi connectivity index (χ1) is 6.69. The summed E-state index contributed by atoms with van der Waals surface area (Å²) in [6, 6.07) is 3.65. The third-order valence-corrected chi connectivity index (χ3v) is 1.97. The van der Waals surface area contributed by atoms with Crippen LogP contribution in [0.3, 0.4) is 0 Å².